The van der Waals surface area contributed by atoms with Crippen molar-refractivity contribution in [1.82, 2.24) is 15.5 Å². The zero-order valence-corrected chi connectivity index (χ0v) is 13.8. The third-order valence-electron chi connectivity index (χ3n) is 3.55. The van der Waals surface area contributed by atoms with Crippen LogP contribution in [0.4, 0.5) is 4.79 Å². The molecule has 0 aromatic rings. The van der Waals surface area contributed by atoms with Gasteiger partial charge in [-0.25, -0.2) is 9.59 Å². The topological polar surface area (TPSA) is 81.7 Å². The maximum Gasteiger partial charge on any atom is 0.326 e. The number of carboxylic acids is 1. The third-order valence-corrected chi connectivity index (χ3v) is 3.55. The first-order chi connectivity index (χ1) is 9.88. The summed E-state index contributed by atoms with van der Waals surface area (Å²) in [5.41, 5.74) is 0. The van der Waals surface area contributed by atoms with Crippen LogP contribution in [0.1, 0.15) is 52.9 Å². The number of hydrogen-bond donors (Lipinski definition) is 3. The smallest absolute Gasteiger partial charge is 0.326 e. The maximum atomic E-state index is 11.6. The molecule has 0 bridgehead atoms. The molecule has 0 heterocycles. The lowest BCUT2D eigenvalue weighted by Crippen LogP contribution is -2.46. The summed E-state index contributed by atoms with van der Waals surface area (Å²) < 4.78 is 0. The van der Waals surface area contributed by atoms with Gasteiger partial charge in [0.05, 0.1) is 0 Å². The highest BCUT2D eigenvalue weighted by Crippen LogP contribution is 2.01. The van der Waals surface area contributed by atoms with Crippen LogP contribution in [0.15, 0.2) is 0 Å². The highest BCUT2D eigenvalue weighted by Gasteiger charge is 2.18. The minimum Gasteiger partial charge on any atom is -0.480 e. The first-order valence-corrected chi connectivity index (χ1v) is 7.85. The molecule has 21 heavy (non-hydrogen) atoms. The van der Waals surface area contributed by atoms with Crippen LogP contribution in [0, 0.1) is 0 Å². The van der Waals surface area contributed by atoms with E-state index in [2.05, 4.69) is 36.4 Å². The second-order valence-corrected chi connectivity index (χ2v) is 5.71. The van der Waals surface area contributed by atoms with Crippen molar-refractivity contribution in [3.63, 3.8) is 0 Å². The van der Waals surface area contributed by atoms with Gasteiger partial charge in [-0.05, 0) is 46.7 Å². The number of carbonyl (C=O) groups excluding carboxylic acids is 1. The Hall–Kier alpha value is -1.30. The lowest BCUT2D eigenvalue weighted by molar-refractivity contribution is -0.139. The van der Waals surface area contributed by atoms with Crippen LogP contribution in [0.3, 0.4) is 0 Å². The molecule has 1 unspecified atom stereocenters. The zero-order chi connectivity index (χ0) is 16.3. The Morgan fingerprint density at radius 2 is 1.86 bits per heavy atom. The molecule has 0 fully saturated rings. The molecule has 0 saturated heterocycles. The highest BCUT2D eigenvalue weighted by atomic mass is 16.4. The second-order valence-electron chi connectivity index (χ2n) is 5.71. The van der Waals surface area contributed by atoms with Gasteiger partial charge in [-0.2, -0.15) is 0 Å². The Balaban J connectivity index is 3.80. The number of hydrogen-bond acceptors (Lipinski definition) is 3. The summed E-state index contributed by atoms with van der Waals surface area (Å²) in [6.07, 6.45) is 4.07. The fraction of sp³-hybridized carbons (Fsp3) is 0.867. The van der Waals surface area contributed by atoms with Crippen LogP contribution < -0.4 is 10.6 Å². The average Bonchev–Trinajstić information content (AvgIpc) is 2.42. The predicted molar refractivity (Wildman–Crippen MR) is 84.5 cm³/mol. The highest BCUT2D eigenvalue weighted by molar-refractivity contribution is 5.82. The number of carboxylic acid groups (broad SMARTS) is 1. The van der Waals surface area contributed by atoms with E-state index in [0.717, 1.165) is 32.2 Å². The maximum absolute atomic E-state index is 11.6. The number of carbonyl (C=O) groups is 2. The number of nitrogens with one attached hydrogen (secondary N) is 2. The van der Waals surface area contributed by atoms with Crippen LogP contribution in [0.5, 0.6) is 0 Å². The minimum absolute atomic E-state index is 0.393. The number of amides is 2. The summed E-state index contributed by atoms with van der Waals surface area (Å²) in [4.78, 5) is 24.9. The molecule has 2 amide bonds. The van der Waals surface area contributed by atoms with E-state index >= 15 is 0 Å². The van der Waals surface area contributed by atoms with Crippen molar-refractivity contribution in [2.75, 3.05) is 20.1 Å². The first kappa shape index (κ1) is 19.7. The van der Waals surface area contributed by atoms with Crippen molar-refractivity contribution in [2.24, 2.45) is 0 Å². The first-order valence-electron chi connectivity index (χ1n) is 7.85. The minimum atomic E-state index is -0.975. The molecule has 0 aliphatic rings. The molecule has 124 valence electrons. The molecule has 6 nitrogen and oxygen atoms in total. The van der Waals surface area contributed by atoms with E-state index in [1.807, 2.05) is 6.92 Å². The summed E-state index contributed by atoms with van der Waals surface area (Å²) in [6.45, 7) is 7.85. The Morgan fingerprint density at radius 1 is 1.19 bits per heavy atom. The van der Waals surface area contributed by atoms with Gasteiger partial charge < -0.3 is 20.6 Å². The lowest BCUT2D eigenvalue weighted by Gasteiger charge is -2.20. The monoisotopic (exact) mass is 301 g/mol. The van der Waals surface area contributed by atoms with Crippen LogP contribution in [-0.2, 0) is 4.79 Å². The van der Waals surface area contributed by atoms with Gasteiger partial charge in [0.2, 0.25) is 0 Å². The molecule has 0 rings (SSSR count). The fourth-order valence-electron chi connectivity index (χ4n) is 1.82. The summed E-state index contributed by atoms with van der Waals surface area (Å²) in [6, 6.07) is -0.663. The quantitative estimate of drug-likeness (QED) is 0.510. The van der Waals surface area contributed by atoms with Crippen LogP contribution in [-0.4, -0.2) is 54.2 Å². The zero-order valence-electron chi connectivity index (χ0n) is 13.8. The van der Waals surface area contributed by atoms with Gasteiger partial charge in [-0.1, -0.05) is 19.8 Å². The summed E-state index contributed by atoms with van der Waals surface area (Å²) in [5.74, 6) is -0.975. The van der Waals surface area contributed by atoms with Crippen molar-refractivity contribution in [3.05, 3.63) is 0 Å². The van der Waals surface area contributed by atoms with E-state index in [1.54, 1.807) is 0 Å². The van der Waals surface area contributed by atoms with Crippen molar-refractivity contribution in [2.45, 2.75) is 65.0 Å². The normalized spacial score (nSPS) is 12.5. The Bertz CT molecular complexity index is 309. The number of urea groups is 1. The predicted octanol–water partition coefficient (Wildman–Crippen LogP) is 2.05. The largest absolute Gasteiger partial charge is 0.480 e. The number of unbranched alkanes of at least 4 members (excludes halogenated alkanes) is 2. The van der Waals surface area contributed by atoms with E-state index in [-0.39, 0.29) is 0 Å². The number of rotatable bonds is 11. The molecule has 0 spiro atoms. The van der Waals surface area contributed by atoms with Crippen molar-refractivity contribution in [3.8, 4) is 0 Å². The van der Waals surface area contributed by atoms with Crippen LogP contribution in [0.2, 0.25) is 0 Å². The molecular weight excluding hydrogens is 270 g/mol. The SMILES string of the molecule is CCCCC(NC(=O)NCCCCN(C)C(C)C)C(=O)O. The summed E-state index contributed by atoms with van der Waals surface area (Å²) >= 11 is 0. The van der Waals surface area contributed by atoms with Crippen molar-refractivity contribution < 1.29 is 14.7 Å². The standard InChI is InChI=1S/C15H31N3O3/c1-5-6-9-13(14(19)20)17-15(21)16-10-7-8-11-18(4)12(2)3/h12-13H,5-11H2,1-4H3,(H,19,20)(H2,16,17,21). The van der Waals surface area contributed by atoms with Crippen molar-refractivity contribution in [1.29, 1.82) is 0 Å². The Labute approximate surface area is 128 Å². The van der Waals surface area contributed by atoms with E-state index in [4.69, 9.17) is 5.11 Å². The number of nitrogens with zero attached hydrogens (tertiary/aromatic N) is 1. The number of aliphatic carboxylic acids is 1. The fourth-order valence-corrected chi connectivity index (χ4v) is 1.82. The molecule has 0 aromatic heterocycles. The molecule has 0 saturated carbocycles. The van der Waals surface area contributed by atoms with E-state index in [9.17, 15) is 9.59 Å². The average molecular weight is 301 g/mol. The molecule has 3 N–H and O–H groups in total. The molecule has 0 radical (unpaired) electrons. The lowest BCUT2D eigenvalue weighted by atomic mass is 10.1. The molecule has 6 heteroatoms. The van der Waals surface area contributed by atoms with Gasteiger partial charge in [0.1, 0.15) is 6.04 Å². The third kappa shape index (κ3) is 10.1. The van der Waals surface area contributed by atoms with Crippen molar-refractivity contribution >= 4 is 12.0 Å². The summed E-state index contributed by atoms with van der Waals surface area (Å²) in [7, 11) is 2.08. The summed E-state index contributed by atoms with van der Waals surface area (Å²) in [5, 5.41) is 14.2. The van der Waals surface area contributed by atoms with Gasteiger partial charge >= 0.3 is 12.0 Å². The van der Waals surface area contributed by atoms with E-state index in [0.29, 0.717) is 19.0 Å². The van der Waals surface area contributed by atoms with E-state index in [1.165, 1.54) is 0 Å². The van der Waals surface area contributed by atoms with Crippen LogP contribution in [0.25, 0.3) is 0 Å². The van der Waals surface area contributed by atoms with E-state index < -0.39 is 18.0 Å². The van der Waals surface area contributed by atoms with Gasteiger partial charge in [0.15, 0.2) is 0 Å². The molecule has 1 atom stereocenters. The van der Waals surface area contributed by atoms with Gasteiger partial charge in [0, 0.05) is 12.6 Å². The molecule has 0 aromatic carbocycles. The second kappa shape index (κ2) is 11.4. The Morgan fingerprint density at radius 3 is 2.38 bits per heavy atom. The molecule has 0 aliphatic heterocycles. The molecular formula is C15H31N3O3. The van der Waals surface area contributed by atoms with Gasteiger partial charge in [-0.3, -0.25) is 0 Å². The molecule has 0 aliphatic carbocycles. The van der Waals surface area contributed by atoms with Crippen LogP contribution >= 0.6 is 0 Å². The van der Waals surface area contributed by atoms with Gasteiger partial charge in [0.25, 0.3) is 0 Å². The van der Waals surface area contributed by atoms with Gasteiger partial charge in [-0.15, -0.1) is 0 Å². The Kier molecular flexibility index (Phi) is 10.7.